The normalized spacial score (nSPS) is 10.9. The van der Waals surface area contributed by atoms with Gasteiger partial charge in [-0.25, -0.2) is 0 Å². The Labute approximate surface area is 172 Å². The maximum atomic E-state index is 12.4. The molecule has 2 amide bonds. The van der Waals surface area contributed by atoms with E-state index in [-0.39, 0.29) is 5.91 Å². The fourth-order valence-corrected chi connectivity index (χ4v) is 4.27. The molecule has 0 bridgehead atoms. The van der Waals surface area contributed by atoms with Gasteiger partial charge in [-0.05, 0) is 35.8 Å². The maximum Gasteiger partial charge on any atom is 0.251 e. The van der Waals surface area contributed by atoms with Crippen molar-refractivity contribution in [2.75, 3.05) is 5.32 Å². The number of amides is 2. The van der Waals surface area contributed by atoms with Crippen LogP contribution in [-0.4, -0.2) is 11.8 Å². The van der Waals surface area contributed by atoms with Crippen molar-refractivity contribution in [3.05, 3.63) is 92.8 Å². The van der Waals surface area contributed by atoms with Gasteiger partial charge in [-0.2, -0.15) is 0 Å². The van der Waals surface area contributed by atoms with Crippen molar-refractivity contribution in [2.24, 2.45) is 5.73 Å². The van der Waals surface area contributed by atoms with Crippen molar-refractivity contribution in [3.8, 4) is 0 Å². The number of hydrogen-bond acceptors (Lipinski definition) is 3. The molecule has 0 spiro atoms. The molecule has 3 rings (SSSR count). The number of carbonyl (C=O) groups is 2. The molecule has 0 saturated heterocycles. The Morgan fingerprint density at radius 3 is 2.46 bits per heavy atom. The van der Waals surface area contributed by atoms with Gasteiger partial charge in [0.1, 0.15) is 5.00 Å². The van der Waals surface area contributed by atoms with Crippen LogP contribution in [0.5, 0.6) is 0 Å². The largest absolute Gasteiger partial charge is 0.365 e. The summed E-state index contributed by atoms with van der Waals surface area (Å²) in [6.07, 6.45) is 3.69. The first kappa shape index (κ1) is 19.9. The van der Waals surface area contributed by atoms with E-state index in [9.17, 15) is 9.59 Å². The van der Waals surface area contributed by atoms with Gasteiger partial charge in [-0.3, -0.25) is 9.59 Å². The number of carbonyl (C=O) groups excluding carboxylic acids is 2. The number of primary amides is 1. The monoisotopic (exact) mass is 410 g/mol. The highest BCUT2D eigenvalue weighted by atomic mass is 35.5. The van der Waals surface area contributed by atoms with Gasteiger partial charge in [0.05, 0.1) is 5.56 Å². The van der Waals surface area contributed by atoms with E-state index in [2.05, 4.69) is 5.32 Å². The van der Waals surface area contributed by atoms with Crippen LogP contribution in [0.25, 0.3) is 6.08 Å². The molecular formula is C22H19ClN2O2S. The van der Waals surface area contributed by atoms with Crippen LogP contribution < -0.4 is 11.1 Å². The number of anilines is 1. The Hall–Kier alpha value is -2.89. The standard InChI is InChI=1S/C22H19ClN2O2S/c1-14-18(13-15-7-3-2-4-8-15)28-22(20(14)21(24)27)25-19(26)12-11-16-9-5-6-10-17(16)23/h2-12H,13H2,1H3,(H2,24,27)(H,25,26)/b12-11+. The minimum atomic E-state index is -0.557. The summed E-state index contributed by atoms with van der Waals surface area (Å²) < 4.78 is 0. The number of benzene rings is 2. The topological polar surface area (TPSA) is 72.2 Å². The Morgan fingerprint density at radius 1 is 1.11 bits per heavy atom. The van der Waals surface area contributed by atoms with Crippen LogP contribution in [-0.2, 0) is 11.2 Å². The Kier molecular flexibility index (Phi) is 6.29. The molecule has 3 N–H and O–H groups in total. The molecule has 0 aliphatic carbocycles. The second kappa shape index (κ2) is 8.87. The molecule has 0 unspecified atom stereocenters. The van der Waals surface area contributed by atoms with Crippen LogP contribution in [0.1, 0.15) is 31.9 Å². The van der Waals surface area contributed by atoms with Crippen molar-refractivity contribution in [1.29, 1.82) is 0 Å². The lowest BCUT2D eigenvalue weighted by atomic mass is 10.1. The summed E-state index contributed by atoms with van der Waals surface area (Å²) in [6, 6.07) is 17.2. The van der Waals surface area contributed by atoms with Gasteiger partial charge in [-0.15, -0.1) is 11.3 Å². The Balaban J connectivity index is 1.82. The zero-order valence-electron chi connectivity index (χ0n) is 15.2. The van der Waals surface area contributed by atoms with Gasteiger partial charge in [0.15, 0.2) is 0 Å². The fourth-order valence-electron chi connectivity index (χ4n) is 2.82. The van der Waals surface area contributed by atoms with Crippen molar-refractivity contribution < 1.29 is 9.59 Å². The van der Waals surface area contributed by atoms with Gasteiger partial charge in [0, 0.05) is 22.4 Å². The zero-order chi connectivity index (χ0) is 20.1. The summed E-state index contributed by atoms with van der Waals surface area (Å²) in [6.45, 7) is 1.85. The van der Waals surface area contributed by atoms with Gasteiger partial charge >= 0.3 is 0 Å². The molecule has 0 aliphatic rings. The summed E-state index contributed by atoms with van der Waals surface area (Å²) in [4.78, 5) is 25.3. The zero-order valence-corrected chi connectivity index (χ0v) is 16.8. The molecule has 142 valence electrons. The predicted molar refractivity (Wildman–Crippen MR) is 116 cm³/mol. The lowest BCUT2D eigenvalue weighted by Crippen LogP contribution is -2.16. The highest BCUT2D eigenvalue weighted by Crippen LogP contribution is 2.34. The van der Waals surface area contributed by atoms with Crippen molar-refractivity contribution >= 4 is 45.8 Å². The van der Waals surface area contributed by atoms with E-state index in [4.69, 9.17) is 17.3 Å². The second-order valence-corrected chi connectivity index (χ2v) is 7.74. The van der Waals surface area contributed by atoms with Crippen LogP contribution in [0.3, 0.4) is 0 Å². The highest BCUT2D eigenvalue weighted by molar-refractivity contribution is 7.17. The summed E-state index contributed by atoms with van der Waals surface area (Å²) in [5.74, 6) is -0.909. The number of rotatable bonds is 6. The highest BCUT2D eigenvalue weighted by Gasteiger charge is 2.20. The third-order valence-corrected chi connectivity index (χ3v) is 5.81. The third-order valence-electron chi connectivity index (χ3n) is 4.26. The molecule has 0 fully saturated rings. The van der Waals surface area contributed by atoms with Gasteiger partial charge in [0.2, 0.25) is 5.91 Å². The van der Waals surface area contributed by atoms with Crippen molar-refractivity contribution in [1.82, 2.24) is 0 Å². The summed E-state index contributed by atoms with van der Waals surface area (Å²) in [7, 11) is 0. The third kappa shape index (κ3) is 4.68. The van der Waals surface area contributed by atoms with Crippen molar-refractivity contribution in [3.63, 3.8) is 0 Å². The predicted octanol–water partition coefficient (Wildman–Crippen LogP) is 5.05. The first-order chi connectivity index (χ1) is 13.5. The second-order valence-electron chi connectivity index (χ2n) is 6.23. The molecule has 6 heteroatoms. The van der Waals surface area contributed by atoms with Gasteiger partial charge in [0.25, 0.3) is 5.91 Å². The number of hydrogen-bond donors (Lipinski definition) is 2. The van der Waals surface area contributed by atoms with Crippen LogP contribution in [0.2, 0.25) is 5.02 Å². The Morgan fingerprint density at radius 2 is 1.79 bits per heavy atom. The summed E-state index contributed by atoms with van der Waals surface area (Å²) >= 11 is 7.46. The number of thiophene rings is 1. The summed E-state index contributed by atoms with van der Waals surface area (Å²) in [5.41, 5.74) is 8.58. The van der Waals surface area contributed by atoms with Crippen LogP contribution in [0.4, 0.5) is 5.00 Å². The van der Waals surface area contributed by atoms with Crippen molar-refractivity contribution in [2.45, 2.75) is 13.3 Å². The molecule has 0 saturated carbocycles. The van der Waals surface area contributed by atoms with Crippen LogP contribution in [0, 0.1) is 6.92 Å². The van der Waals surface area contributed by atoms with E-state index in [1.807, 2.05) is 55.5 Å². The Bertz CT molecular complexity index is 1040. The van der Waals surface area contributed by atoms with Crippen LogP contribution >= 0.6 is 22.9 Å². The molecule has 3 aromatic rings. The minimum Gasteiger partial charge on any atom is -0.365 e. The quantitative estimate of drug-likeness (QED) is 0.558. The molecule has 28 heavy (non-hydrogen) atoms. The molecule has 0 aliphatic heterocycles. The number of halogens is 1. The number of nitrogens with two attached hydrogens (primary N) is 1. The fraction of sp³-hybridized carbons (Fsp3) is 0.0909. The first-order valence-electron chi connectivity index (χ1n) is 8.65. The van der Waals surface area contributed by atoms with E-state index < -0.39 is 5.91 Å². The average molecular weight is 411 g/mol. The van der Waals surface area contributed by atoms with E-state index in [1.165, 1.54) is 17.4 Å². The first-order valence-corrected chi connectivity index (χ1v) is 9.84. The van der Waals surface area contributed by atoms with E-state index in [0.717, 1.165) is 21.6 Å². The molecule has 1 aromatic heterocycles. The molecule has 2 aromatic carbocycles. The molecular weight excluding hydrogens is 392 g/mol. The van der Waals surface area contributed by atoms with Crippen LogP contribution in [0.15, 0.2) is 60.7 Å². The lowest BCUT2D eigenvalue weighted by Gasteiger charge is -2.02. The summed E-state index contributed by atoms with van der Waals surface area (Å²) in [5, 5.41) is 3.80. The van der Waals surface area contributed by atoms with E-state index in [1.54, 1.807) is 12.1 Å². The smallest absolute Gasteiger partial charge is 0.251 e. The molecule has 4 nitrogen and oxygen atoms in total. The lowest BCUT2D eigenvalue weighted by molar-refractivity contribution is -0.111. The van der Waals surface area contributed by atoms with Gasteiger partial charge < -0.3 is 11.1 Å². The molecule has 1 heterocycles. The van der Waals surface area contributed by atoms with Gasteiger partial charge in [-0.1, -0.05) is 60.1 Å². The maximum absolute atomic E-state index is 12.4. The average Bonchev–Trinajstić information content (AvgIpc) is 2.97. The molecule has 0 radical (unpaired) electrons. The van der Waals surface area contributed by atoms with E-state index in [0.29, 0.717) is 22.0 Å². The van der Waals surface area contributed by atoms with E-state index >= 15 is 0 Å². The minimum absolute atomic E-state index is 0.352. The SMILES string of the molecule is Cc1c(Cc2ccccc2)sc(NC(=O)/C=C/c2ccccc2Cl)c1C(N)=O. The number of nitrogens with one attached hydrogen (secondary N) is 1. The molecule has 0 atom stereocenters.